The van der Waals surface area contributed by atoms with E-state index >= 15 is 0 Å². The maximum Gasteiger partial charge on any atom is 0.424 e. The molecule has 2 aromatic heterocycles. The summed E-state index contributed by atoms with van der Waals surface area (Å²) in [7, 11) is 0. The van der Waals surface area contributed by atoms with Crippen LogP contribution in [0.5, 0.6) is 0 Å². The Bertz CT molecular complexity index is 949. The summed E-state index contributed by atoms with van der Waals surface area (Å²) in [5, 5.41) is 12.7. The number of rotatable bonds is 6. The zero-order chi connectivity index (χ0) is 24.4. The lowest BCUT2D eigenvalue weighted by molar-refractivity contribution is -0.274. The number of aryl methyl sites for hydroxylation is 1. The van der Waals surface area contributed by atoms with Gasteiger partial charge in [-0.15, -0.1) is 0 Å². The molecule has 0 spiro atoms. The van der Waals surface area contributed by atoms with Gasteiger partial charge in [-0.1, -0.05) is 0 Å². The maximum atomic E-state index is 13.5. The number of hydrogen-bond acceptors (Lipinski definition) is 5. The minimum Gasteiger partial charge on any atom is -0.463 e. The number of aliphatic hydroxyl groups is 1. The van der Waals surface area contributed by atoms with Crippen molar-refractivity contribution in [2.75, 3.05) is 24.5 Å². The molecule has 0 aromatic carbocycles. The first-order valence-corrected chi connectivity index (χ1v) is 10.2. The van der Waals surface area contributed by atoms with Gasteiger partial charge in [0.05, 0.1) is 5.56 Å². The van der Waals surface area contributed by atoms with Gasteiger partial charge in [0.15, 0.2) is 0 Å². The number of anilines is 1. The third-order valence-electron chi connectivity index (χ3n) is 5.67. The van der Waals surface area contributed by atoms with Crippen molar-refractivity contribution >= 4 is 11.7 Å². The smallest absolute Gasteiger partial charge is 0.424 e. The molecule has 0 bridgehead atoms. The topological polar surface area (TPSA) is 78.6 Å². The van der Waals surface area contributed by atoms with Crippen molar-refractivity contribution in [2.24, 2.45) is 5.92 Å². The van der Waals surface area contributed by atoms with E-state index in [0.717, 1.165) is 18.3 Å². The third-order valence-corrected chi connectivity index (χ3v) is 5.67. The number of hydrogen-bond donors (Lipinski definition) is 2. The van der Waals surface area contributed by atoms with Gasteiger partial charge in [-0.25, -0.2) is 4.98 Å². The highest BCUT2D eigenvalue weighted by Crippen LogP contribution is 2.42. The summed E-state index contributed by atoms with van der Waals surface area (Å²) in [6.07, 6.45) is -8.84. The lowest BCUT2D eigenvalue weighted by Gasteiger charge is -2.32. The Hall–Kier alpha value is -2.76. The number of furan rings is 1. The van der Waals surface area contributed by atoms with Crippen LogP contribution >= 0.6 is 0 Å². The van der Waals surface area contributed by atoms with E-state index in [4.69, 9.17) is 4.42 Å². The molecule has 33 heavy (non-hydrogen) atoms. The Kier molecular flexibility index (Phi) is 6.96. The maximum absolute atomic E-state index is 13.5. The number of carbonyl (C=O) groups excluding carboxylic acids is 1. The number of pyridine rings is 1. The van der Waals surface area contributed by atoms with Crippen LogP contribution in [0.3, 0.4) is 0 Å². The van der Waals surface area contributed by atoms with Gasteiger partial charge in [-0.05, 0) is 44.0 Å². The molecule has 0 aliphatic carbocycles. The summed E-state index contributed by atoms with van der Waals surface area (Å²) in [5.74, 6) is -0.994. The highest BCUT2D eigenvalue weighted by atomic mass is 19.4. The summed E-state index contributed by atoms with van der Waals surface area (Å²) in [6.45, 7) is 1.74. The number of nitrogens with zero attached hydrogens (tertiary/aromatic N) is 2. The molecule has 1 atom stereocenters. The fourth-order valence-electron chi connectivity index (χ4n) is 3.68. The Labute approximate surface area is 185 Å². The monoisotopic (exact) mass is 479 g/mol. The molecule has 2 aromatic rings. The van der Waals surface area contributed by atoms with Gasteiger partial charge in [0.1, 0.15) is 17.3 Å². The average molecular weight is 479 g/mol. The van der Waals surface area contributed by atoms with Gasteiger partial charge < -0.3 is 19.7 Å². The van der Waals surface area contributed by atoms with Gasteiger partial charge in [0.2, 0.25) is 11.5 Å². The van der Waals surface area contributed by atoms with E-state index in [1.807, 2.05) is 0 Å². The number of amides is 1. The fourth-order valence-corrected chi connectivity index (χ4v) is 3.68. The Balaban J connectivity index is 1.52. The first-order chi connectivity index (χ1) is 15.3. The third kappa shape index (κ3) is 5.60. The summed E-state index contributed by atoms with van der Waals surface area (Å²) >= 11 is 0. The Morgan fingerprint density at radius 2 is 1.82 bits per heavy atom. The molecule has 12 heteroatoms. The second-order valence-corrected chi connectivity index (χ2v) is 7.97. The number of aromatic nitrogens is 1. The highest BCUT2D eigenvalue weighted by Gasteiger charge is 2.56. The van der Waals surface area contributed by atoms with E-state index in [2.05, 4.69) is 10.3 Å². The first-order valence-electron chi connectivity index (χ1n) is 10.2. The Morgan fingerprint density at radius 1 is 1.15 bits per heavy atom. The average Bonchev–Trinajstić information content (AvgIpc) is 3.19. The molecule has 3 rings (SSSR count). The van der Waals surface area contributed by atoms with E-state index < -0.39 is 54.1 Å². The van der Waals surface area contributed by atoms with Crippen LogP contribution < -0.4 is 10.2 Å². The molecule has 182 valence electrons. The predicted molar refractivity (Wildman–Crippen MR) is 105 cm³/mol. The lowest BCUT2D eigenvalue weighted by atomic mass is 9.94. The molecule has 1 saturated heterocycles. The van der Waals surface area contributed by atoms with E-state index in [0.29, 0.717) is 31.7 Å². The normalized spacial score (nSPS) is 17.6. The van der Waals surface area contributed by atoms with Crippen molar-refractivity contribution in [3.63, 3.8) is 0 Å². The summed E-state index contributed by atoms with van der Waals surface area (Å²) in [5.41, 5.74) is -4.09. The summed E-state index contributed by atoms with van der Waals surface area (Å²) in [4.78, 5) is 18.0. The van der Waals surface area contributed by atoms with Crippen LogP contribution in [0.1, 0.15) is 36.3 Å². The summed E-state index contributed by atoms with van der Waals surface area (Å²) < 4.78 is 83.4. The van der Waals surface area contributed by atoms with Crippen molar-refractivity contribution in [3.8, 4) is 0 Å². The molecule has 0 unspecified atom stereocenters. The zero-order valence-corrected chi connectivity index (χ0v) is 17.6. The molecule has 1 amide bonds. The largest absolute Gasteiger partial charge is 0.463 e. The van der Waals surface area contributed by atoms with Crippen LogP contribution in [0, 0.1) is 12.8 Å². The molecule has 0 saturated carbocycles. The second kappa shape index (κ2) is 9.24. The van der Waals surface area contributed by atoms with Crippen LogP contribution in [0.2, 0.25) is 0 Å². The van der Waals surface area contributed by atoms with Crippen LogP contribution in [0.15, 0.2) is 34.9 Å². The molecular weight excluding hydrogens is 456 g/mol. The first kappa shape index (κ1) is 24.9. The highest BCUT2D eigenvalue weighted by molar-refractivity contribution is 5.79. The molecule has 3 heterocycles. The molecule has 1 fully saturated rings. The number of nitrogens with one attached hydrogen (secondary N) is 1. The SMILES string of the molecule is Cc1ccc([C@](O)(CCNC(=O)C2CCN(c3ccc(C(F)(F)F)cn3)CC2)C(F)(F)F)o1. The molecule has 1 aliphatic heterocycles. The van der Waals surface area contributed by atoms with Crippen molar-refractivity contribution in [2.45, 2.75) is 44.1 Å². The van der Waals surface area contributed by atoms with E-state index in [1.165, 1.54) is 19.1 Å². The minimum atomic E-state index is -5.00. The minimum absolute atomic E-state index is 0.214. The number of carbonyl (C=O) groups is 1. The quantitative estimate of drug-likeness (QED) is 0.608. The van der Waals surface area contributed by atoms with Crippen LogP contribution in [0.4, 0.5) is 32.2 Å². The molecule has 1 aliphatic rings. The molecule has 6 nitrogen and oxygen atoms in total. The standard InChI is InChI=1S/C21H23F6N3O3/c1-13-2-4-16(33-13)19(32,21(25,26)27)8-9-28-18(31)14-6-10-30(11-7-14)17-5-3-15(12-29-17)20(22,23)24/h2-5,12,14,32H,6-11H2,1H3,(H,28,31)/t19-/m1/s1. The van der Waals surface area contributed by atoms with Crippen molar-refractivity contribution in [1.29, 1.82) is 0 Å². The van der Waals surface area contributed by atoms with Gasteiger partial charge in [0, 0.05) is 38.2 Å². The Morgan fingerprint density at radius 3 is 2.30 bits per heavy atom. The van der Waals surface area contributed by atoms with Crippen molar-refractivity contribution < 1.29 is 40.7 Å². The predicted octanol–water partition coefficient (Wildman–Crippen LogP) is 4.17. The van der Waals surface area contributed by atoms with Gasteiger partial charge in [0.25, 0.3) is 0 Å². The van der Waals surface area contributed by atoms with Gasteiger partial charge in [-0.3, -0.25) is 4.79 Å². The number of halogens is 6. The zero-order valence-electron chi connectivity index (χ0n) is 17.6. The fraction of sp³-hybridized carbons (Fsp3) is 0.524. The van der Waals surface area contributed by atoms with Crippen LogP contribution in [-0.4, -0.2) is 41.8 Å². The lowest BCUT2D eigenvalue weighted by Crippen LogP contribution is -2.46. The van der Waals surface area contributed by atoms with E-state index in [9.17, 15) is 36.2 Å². The second-order valence-electron chi connectivity index (χ2n) is 7.97. The number of piperidine rings is 1. The van der Waals surface area contributed by atoms with Crippen molar-refractivity contribution in [1.82, 2.24) is 10.3 Å². The molecule has 2 N–H and O–H groups in total. The van der Waals surface area contributed by atoms with E-state index in [-0.39, 0.29) is 5.76 Å². The molecule has 0 radical (unpaired) electrons. The number of alkyl halides is 6. The van der Waals surface area contributed by atoms with Crippen LogP contribution in [-0.2, 0) is 16.6 Å². The van der Waals surface area contributed by atoms with Gasteiger partial charge >= 0.3 is 12.4 Å². The van der Waals surface area contributed by atoms with Crippen molar-refractivity contribution in [3.05, 3.63) is 47.5 Å². The van der Waals surface area contributed by atoms with E-state index in [1.54, 1.807) is 4.90 Å². The van der Waals surface area contributed by atoms with Crippen LogP contribution in [0.25, 0.3) is 0 Å². The summed E-state index contributed by atoms with van der Waals surface area (Å²) in [6, 6.07) is 4.56. The molecular formula is C21H23F6N3O3. The van der Waals surface area contributed by atoms with Gasteiger partial charge in [-0.2, -0.15) is 26.3 Å².